The van der Waals surface area contributed by atoms with Crippen LogP contribution in [0.1, 0.15) is 17.5 Å². The molecule has 2 aromatic rings. The molecule has 0 unspecified atom stereocenters. The molecule has 0 aliphatic carbocycles. The third-order valence-corrected chi connectivity index (χ3v) is 3.77. The summed E-state index contributed by atoms with van der Waals surface area (Å²) in [6, 6.07) is 4.38. The van der Waals surface area contributed by atoms with Crippen LogP contribution in [0.4, 0.5) is 0 Å². The molecule has 2 aromatic heterocycles. The van der Waals surface area contributed by atoms with Gasteiger partial charge < -0.3 is 5.32 Å². The zero-order valence-corrected chi connectivity index (χ0v) is 10.9. The van der Waals surface area contributed by atoms with Crippen molar-refractivity contribution in [2.24, 2.45) is 0 Å². The maximum Gasteiger partial charge on any atom is -0.00146 e. The van der Waals surface area contributed by atoms with E-state index in [1.54, 1.807) is 22.7 Å². The van der Waals surface area contributed by atoms with Crippen molar-refractivity contribution in [2.75, 3.05) is 13.6 Å². The van der Waals surface area contributed by atoms with Gasteiger partial charge >= 0.3 is 0 Å². The topological polar surface area (TPSA) is 12.0 Å². The number of nitrogens with one attached hydrogen (secondary N) is 1. The summed E-state index contributed by atoms with van der Waals surface area (Å²) < 4.78 is 0. The Morgan fingerprint density at radius 3 is 2.25 bits per heavy atom. The number of hydrogen-bond acceptors (Lipinski definition) is 3. The molecule has 2 rings (SSSR count). The standard InChI is InChI=1S/C13H15NS2/c1-14-6-2-3-13(11-4-7-15-9-11)12-5-8-16-10-12/h3-5,7-10,14H,2,6H2,1H3. The van der Waals surface area contributed by atoms with Crippen LogP contribution in [0, 0.1) is 0 Å². The molecule has 0 fully saturated rings. The van der Waals surface area contributed by atoms with Crippen LogP contribution < -0.4 is 5.32 Å². The molecular weight excluding hydrogens is 234 g/mol. The number of hydrogen-bond donors (Lipinski definition) is 1. The summed E-state index contributed by atoms with van der Waals surface area (Å²) in [6.45, 7) is 1.03. The molecule has 0 aromatic carbocycles. The third kappa shape index (κ3) is 2.82. The van der Waals surface area contributed by atoms with Gasteiger partial charge in [0.25, 0.3) is 0 Å². The summed E-state index contributed by atoms with van der Waals surface area (Å²) in [4.78, 5) is 0. The van der Waals surface area contributed by atoms with E-state index in [1.807, 2.05) is 7.05 Å². The SMILES string of the molecule is CNCCC=C(c1ccsc1)c1ccsc1. The zero-order valence-electron chi connectivity index (χ0n) is 9.27. The minimum Gasteiger partial charge on any atom is -0.319 e. The average Bonchev–Trinajstić information content (AvgIpc) is 2.97. The molecule has 0 amide bonds. The van der Waals surface area contributed by atoms with Crippen molar-refractivity contribution in [2.45, 2.75) is 6.42 Å². The molecule has 0 spiro atoms. The van der Waals surface area contributed by atoms with Crippen LogP contribution in [-0.4, -0.2) is 13.6 Å². The lowest BCUT2D eigenvalue weighted by molar-refractivity contribution is 0.808. The highest BCUT2D eigenvalue weighted by molar-refractivity contribution is 7.08. The minimum absolute atomic E-state index is 1.03. The average molecular weight is 249 g/mol. The summed E-state index contributed by atoms with van der Waals surface area (Å²) in [5, 5.41) is 11.9. The van der Waals surface area contributed by atoms with Crippen LogP contribution in [0.5, 0.6) is 0 Å². The molecule has 84 valence electrons. The molecule has 1 nitrogen and oxygen atoms in total. The Kier molecular flexibility index (Phi) is 4.34. The van der Waals surface area contributed by atoms with E-state index in [2.05, 4.69) is 45.0 Å². The summed E-state index contributed by atoms with van der Waals surface area (Å²) in [6.07, 6.45) is 3.39. The summed E-state index contributed by atoms with van der Waals surface area (Å²) in [5.74, 6) is 0. The second-order valence-electron chi connectivity index (χ2n) is 3.53. The van der Waals surface area contributed by atoms with Crippen molar-refractivity contribution >= 4 is 28.2 Å². The molecule has 2 heterocycles. The molecule has 0 bridgehead atoms. The molecule has 0 radical (unpaired) electrons. The molecular formula is C13H15NS2. The van der Waals surface area contributed by atoms with E-state index < -0.39 is 0 Å². The zero-order chi connectivity index (χ0) is 11.2. The van der Waals surface area contributed by atoms with E-state index in [0.717, 1.165) is 13.0 Å². The van der Waals surface area contributed by atoms with E-state index in [1.165, 1.54) is 16.7 Å². The van der Waals surface area contributed by atoms with Crippen LogP contribution in [0.3, 0.4) is 0 Å². The largest absolute Gasteiger partial charge is 0.319 e. The molecule has 16 heavy (non-hydrogen) atoms. The Bertz CT molecular complexity index is 390. The molecule has 0 atom stereocenters. The lowest BCUT2D eigenvalue weighted by Gasteiger charge is -2.03. The molecule has 1 N–H and O–H groups in total. The van der Waals surface area contributed by atoms with Crippen LogP contribution in [0.2, 0.25) is 0 Å². The van der Waals surface area contributed by atoms with Gasteiger partial charge in [0.1, 0.15) is 0 Å². The quantitative estimate of drug-likeness (QED) is 0.794. The second-order valence-corrected chi connectivity index (χ2v) is 5.09. The monoisotopic (exact) mass is 249 g/mol. The van der Waals surface area contributed by atoms with Crippen molar-refractivity contribution in [3.05, 3.63) is 50.9 Å². The van der Waals surface area contributed by atoms with Gasteiger partial charge in [0.2, 0.25) is 0 Å². The maximum atomic E-state index is 3.17. The van der Waals surface area contributed by atoms with Gasteiger partial charge in [0.05, 0.1) is 0 Å². The Balaban J connectivity index is 2.24. The minimum atomic E-state index is 1.03. The van der Waals surface area contributed by atoms with Crippen molar-refractivity contribution in [3.63, 3.8) is 0 Å². The Hall–Kier alpha value is -0.900. The summed E-state index contributed by atoms with van der Waals surface area (Å²) in [5.41, 5.74) is 4.02. The first kappa shape index (κ1) is 11.6. The van der Waals surface area contributed by atoms with Gasteiger partial charge in [-0.05, 0) is 70.4 Å². The van der Waals surface area contributed by atoms with Gasteiger partial charge in [-0.2, -0.15) is 22.7 Å². The number of thiophene rings is 2. The summed E-state index contributed by atoms with van der Waals surface area (Å²) >= 11 is 3.50. The van der Waals surface area contributed by atoms with Crippen molar-refractivity contribution < 1.29 is 0 Å². The highest BCUT2D eigenvalue weighted by Gasteiger charge is 2.05. The lowest BCUT2D eigenvalue weighted by Crippen LogP contribution is -2.06. The smallest absolute Gasteiger partial charge is 0.00146 e. The maximum absolute atomic E-state index is 3.17. The Morgan fingerprint density at radius 1 is 1.19 bits per heavy atom. The first-order valence-corrected chi connectivity index (χ1v) is 7.20. The van der Waals surface area contributed by atoms with Gasteiger partial charge in [-0.3, -0.25) is 0 Å². The van der Waals surface area contributed by atoms with Gasteiger partial charge in [-0.1, -0.05) is 6.08 Å². The highest BCUT2D eigenvalue weighted by atomic mass is 32.1. The fraction of sp³-hybridized carbons (Fsp3) is 0.231. The first-order chi connectivity index (χ1) is 7.92. The molecule has 0 saturated heterocycles. The fourth-order valence-electron chi connectivity index (χ4n) is 1.60. The van der Waals surface area contributed by atoms with Crippen LogP contribution >= 0.6 is 22.7 Å². The molecule has 3 heteroatoms. The normalized spacial score (nSPS) is 10.3. The predicted molar refractivity (Wildman–Crippen MR) is 74.3 cm³/mol. The van der Waals surface area contributed by atoms with E-state index in [9.17, 15) is 0 Å². The Labute approximate surface area is 104 Å². The third-order valence-electron chi connectivity index (χ3n) is 2.41. The van der Waals surface area contributed by atoms with Crippen LogP contribution in [-0.2, 0) is 0 Å². The van der Waals surface area contributed by atoms with E-state index in [4.69, 9.17) is 0 Å². The van der Waals surface area contributed by atoms with E-state index in [0.29, 0.717) is 0 Å². The van der Waals surface area contributed by atoms with Crippen molar-refractivity contribution in [1.29, 1.82) is 0 Å². The van der Waals surface area contributed by atoms with Crippen molar-refractivity contribution in [1.82, 2.24) is 5.32 Å². The Morgan fingerprint density at radius 2 is 1.81 bits per heavy atom. The lowest BCUT2D eigenvalue weighted by atomic mass is 10.0. The van der Waals surface area contributed by atoms with E-state index in [-0.39, 0.29) is 0 Å². The molecule has 0 aliphatic rings. The predicted octanol–water partition coefficient (Wildman–Crippen LogP) is 3.85. The second kappa shape index (κ2) is 5.99. The summed E-state index contributed by atoms with van der Waals surface area (Å²) in [7, 11) is 1.99. The van der Waals surface area contributed by atoms with Crippen LogP contribution in [0.25, 0.3) is 5.57 Å². The highest BCUT2D eigenvalue weighted by Crippen LogP contribution is 2.27. The van der Waals surface area contributed by atoms with Gasteiger partial charge in [-0.15, -0.1) is 0 Å². The first-order valence-electron chi connectivity index (χ1n) is 5.31. The molecule has 0 saturated carbocycles. The fourth-order valence-corrected chi connectivity index (χ4v) is 2.91. The van der Waals surface area contributed by atoms with Crippen LogP contribution in [0.15, 0.2) is 39.7 Å². The number of rotatable bonds is 5. The van der Waals surface area contributed by atoms with E-state index >= 15 is 0 Å². The van der Waals surface area contributed by atoms with Crippen molar-refractivity contribution in [3.8, 4) is 0 Å². The van der Waals surface area contributed by atoms with Gasteiger partial charge in [-0.25, -0.2) is 0 Å². The van der Waals surface area contributed by atoms with Gasteiger partial charge in [0, 0.05) is 0 Å². The van der Waals surface area contributed by atoms with Gasteiger partial charge in [0.15, 0.2) is 0 Å². The molecule has 0 aliphatic heterocycles.